The molecule has 1 saturated heterocycles. The van der Waals surface area contributed by atoms with E-state index in [1.165, 1.54) is 0 Å². The van der Waals surface area contributed by atoms with Crippen molar-refractivity contribution in [3.63, 3.8) is 0 Å². The molecule has 0 atom stereocenters. The zero-order valence-electron chi connectivity index (χ0n) is 11.8. The van der Waals surface area contributed by atoms with Crippen LogP contribution in [-0.2, 0) is 13.1 Å². The van der Waals surface area contributed by atoms with Gasteiger partial charge in [-0.3, -0.25) is 4.90 Å². The van der Waals surface area contributed by atoms with Gasteiger partial charge in [-0.1, -0.05) is 6.92 Å². The van der Waals surface area contributed by atoms with E-state index in [9.17, 15) is 0 Å². The molecular formula is C13H20N6O. The maximum Gasteiger partial charge on any atom is 0.165 e. The second-order valence-electron chi connectivity index (χ2n) is 5.04. The molecule has 0 bridgehead atoms. The van der Waals surface area contributed by atoms with Crippen molar-refractivity contribution in [2.45, 2.75) is 20.0 Å². The fourth-order valence-electron chi connectivity index (χ4n) is 2.47. The number of hydrogen-bond acceptors (Lipinski definition) is 6. The van der Waals surface area contributed by atoms with Gasteiger partial charge in [-0.15, -0.1) is 5.10 Å². The number of rotatable bonds is 5. The molecule has 20 heavy (non-hydrogen) atoms. The van der Waals surface area contributed by atoms with Crippen LogP contribution in [-0.4, -0.2) is 62.7 Å². The van der Waals surface area contributed by atoms with Gasteiger partial charge >= 0.3 is 0 Å². The number of piperazine rings is 1. The zero-order valence-corrected chi connectivity index (χ0v) is 11.8. The fourth-order valence-corrected chi connectivity index (χ4v) is 2.47. The normalized spacial score (nSPS) is 17.6. The van der Waals surface area contributed by atoms with Gasteiger partial charge in [0.2, 0.25) is 0 Å². The molecule has 0 amide bonds. The summed E-state index contributed by atoms with van der Waals surface area (Å²) in [7, 11) is 0. The maximum atomic E-state index is 5.34. The summed E-state index contributed by atoms with van der Waals surface area (Å²) in [5.74, 6) is 1.76. The lowest BCUT2D eigenvalue weighted by atomic mass is 10.3. The molecule has 3 rings (SSSR count). The highest BCUT2D eigenvalue weighted by Gasteiger charge is 2.18. The first-order valence-electron chi connectivity index (χ1n) is 7.07. The number of nitrogens with zero attached hydrogens (tertiary/aromatic N) is 6. The Hall–Kier alpha value is -1.73. The van der Waals surface area contributed by atoms with Crippen molar-refractivity contribution in [1.82, 2.24) is 30.0 Å². The monoisotopic (exact) mass is 276 g/mol. The van der Waals surface area contributed by atoms with Crippen LogP contribution >= 0.6 is 0 Å². The van der Waals surface area contributed by atoms with Gasteiger partial charge in [0.05, 0.1) is 12.8 Å². The lowest BCUT2D eigenvalue weighted by Gasteiger charge is -2.33. The second kappa shape index (κ2) is 6.15. The van der Waals surface area contributed by atoms with Crippen LogP contribution < -0.4 is 0 Å². The quantitative estimate of drug-likeness (QED) is 0.790. The Morgan fingerprint density at radius 1 is 1.15 bits per heavy atom. The third kappa shape index (κ3) is 3.05. The SMILES string of the molecule is CCN1CCN(Cc2nnnn2Cc2ccco2)CC1. The molecule has 0 aromatic carbocycles. The first-order valence-corrected chi connectivity index (χ1v) is 7.07. The van der Waals surface area contributed by atoms with Gasteiger partial charge in [-0.05, 0) is 29.1 Å². The molecule has 0 N–H and O–H groups in total. The third-order valence-electron chi connectivity index (χ3n) is 3.77. The lowest BCUT2D eigenvalue weighted by molar-refractivity contribution is 0.128. The number of likely N-dealkylation sites (N-methyl/N-ethyl adjacent to an activating group) is 1. The summed E-state index contributed by atoms with van der Waals surface area (Å²) in [5, 5.41) is 12.0. The fraction of sp³-hybridized carbons (Fsp3) is 0.615. The Balaban J connectivity index is 1.59. The summed E-state index contributed by atoms with van der Waals surface area (Å²) in [6.45, 7) is 9.11. The van der Waals surface area contributed by atoms with Gasteiger partial charge in [-0.2, -0.15) is 0 Å². The zero-order chi connectivity index (χ0) is 13.8. The standard InChI is InChI=1S/C13H20N6O/c1-2-17-5-7-18(8-6-17)11-13-14-15-16-19(13)10-12-4-3-9-20-12/h3-4,9H,2,5-8,10-11H2,1H3. The van der Waals surface area contributed by atoms with Crippen molar-refractivity contribution in [2.24, 2.45) is 0 Å². The van der Waals surface area contributed by atoms with Crippen molar-refractivity contribution in [3.8, 4) is 0 Å². The van der Waals surface area contributed by atoms with E-state index in [4.69, 9.17) is 4.42 Å². The average molecular weight is 276 g/mol. The van der Waals surface area contributed by atoms with Gasteiger partial charge in [-0.25, -0.2) is 4.68 Å². The lowest BCUT2D eigenvalue weighted by Crippen LogP contribution is -2.45. The number of tetrazole rings is 1. The van der Waals surface area contributed by atoms with E-state index in [-0.39, 0.29) is 0 Å². The summed E-state index contributed by atoms with van der Waals surface area (Å²) in [4.78, 5) is 4.86. The van der Waals surface area contributed by atoms with Crippen LogP contribution in [0.3, 0.4) is 0 Å². The van der Waals surface area contributed by atoms with Gasteiger partial charge in [0, 0.05) is 26.2 Å². The topological polar surface area (TPSA) is 63.2 Å². The van der Waals surface area contributed by atoms with Crippen molar-refractivity contribution >= 4 is 0 Å². The Bertz CT molecular complexity index is 515. The molecule has 3 heterocycles. The minimum atomic E-state index is 0.588. The third-order valence-corrected chi connectivity index (χ3v) is 3.77. The summed E-state index contributed by atoms with van der Waals surface area (Å²) in [5.41, 5.74) is 0. The van der Waals surface area contributed by atoms with E-state index >= 15 is 0 Å². The predicted molar refractivity (Wildman–Crippen MR) is 73.0 cm³/mol. The second-order valence-corrected chi connectivity index (χ2v) is 5.04. The molecule has 2 aromatic rings. The van der Waals surface area contributed by atoms with Crippen LogP contribution in [0, 0.1) is 0 Å². The summed E-state index contributed by atoms with van der Waals surface area (Å²) < 4.78 is 7.15. The van der Waals surface area contributed by atoms with Crippen LogP contribution in [0.1, 0.15) is 18.5 Å². The van der Waals surface area contributed by atoms with Gasteiger partial charge in [0.15, 0.2) is 5.82 Å². The highest BCUT2D eigenvalue weighted by Crippen LogP contribution is 2.08. The van der Waals surface area contributed by atoms with E-state index in [0.717, 1.165) is 50.9 Å². The molecule has 0 radical (unpaired) electrons. The number of furan rings is 1. The first-order chi connectivity index (χ1) is 9.85. The van der Waals surface area contributed by atoms with E-state index in [2.05, 4.69) is 32.2 Å². The Kier molecular flexibility index (Phi) is 4.08. The maximum absolute atomic E-state index is 5.34. The van der Waals surface area contributed by atoms with Gasteiger partial charge in [0.1, 0.15) is 12.3 Å². The van der Waals surface area contributed by atoms with Crippen LogP contribution in [0.2, 0.25) is 0 Å². The first kappa shape index (κ1) is 13.3. The molecule has 1 aliphatic heterocycles. The van der Waals surface area contributed by atoms with Crippen molar-refractivity contribution in [1.29, 1.82) is 0 Å². The van der Waals surface area contributed by atoms with Gasteiger partial charge < -0.3 is 9.32 Å². The average Bonchev–Trinajstić information content (AvgIpc) is 3.13. The number of aromatic nitrogens is 4. The van der Waals surface area contributed by atoms with Crippen molar-refractivity contribution in [3.05, 3.63) is 30.0 Å². The molecule has 1 aliphatic rings. The molecule has 108 valence electrons. The minimum Gasteiger partial charge on any atom is -0.467 e. The summed E-state index contributed by atoms with van der Waals surface area (Å²) >= 11 is 0. The highest BCUT2D eigenvalue weighted by molar-refractivity contribution is 4.99. The molecule has 0 unspecified atom stereocenters. The minimum absolute atomic E-state index is 0.588. The molecule has 7 heteroatoms. The van der Waals surface area contributed by atoms with Crippen molar-refractivity contribution in [2.75, 3.05) is 32.7 Å². The Labute approximate surface area is 118 Å². The van der Waals surface area contributed by atoms with Crippen molar-refractivity contribution < 1.29 is 4.42 Å². The van der Waals surface area contributed by atoms with E-state index in [1.807, 2.05) is 16.8 Å². The van der Waals surface area contributed by atoms with Crippen LogP contribution in [0.5, 0.6) is 0 Å². The van der Waals surface area contributed by atoms with Crippen LogP contribution in [0.15, 0.2) is 22.8 Å². The highest BCUT2D eigenvalue weighted by atomic mass is 16.3. The van der Waals surface area contributed by atoms with E-state index < -0.39 is 0 Å². The predicted octanol–water partition coefficient (Wildman–Crippen LogP) is 0.452. The molecule has 1 fully saturated rings. The molecule has 0 saturated carbocycles. The molecule has 0 aliphatic carbocycles. The molecule has 0 spiro atoms. The molecule has 2 aromatic heterocycles. The number of hydrogen-bond donors (Lipinski definition) is 0. The van der Waals surface area contributed by atoms with Gasteiger partial charge in [0.25, 0.3) is 0 Å². The molecule has 7 nitrogen and oxygen atoms in total. The molecular weight excluding hydrogens is 256 g/mol. The van der Waals surface area contributed by atoms with E-state index in [1.54, 1.807) is 6.26 Å². The van der Waals surface area contributed by atoms with E-state index in [0.29, 0.717) is 6.54 Å². The Morgan fingerprint density at radius 3 is 2.65 bits per heavy atom. The summed E-state index contributed by atoms with van der Waals surface area (Å²) in [6, 6.07) is 3.81. The van der Waals surface area contributed by atoms with Crippen LogP contribution in [0.25, 0.3) is 0 Å². The summed E-state index contributed by atoms with van der Waals surface area (Å²) in [6.07, 6.45) is 1.67. The van der Waals surface area contributed by atoms with Crippen LogP contribution in [0.4, 0.5) is 0 Å². The smallest absolute Gasteiger partial charge is 0.165 e. The largest absolute Gasteiger partial charge is 0.467 e. The Morgan fingerprint density at radius 2 is 1.95 bits per heavy atom.